The highest BCUT2D eigenvalue weighted by molar-refractivity contribution is 6.42. The van der Waals surface area contributed by atoms with Gasteiger partial charge in [0.25, 0.3) is 5.91 Å². The van der Waals surface area contributed by atoms with Crippen LogP contribution in [0.3, 0.4) is 0 Å². The Morgan fingerprint density at radius 2 is 1.79 bits per heavy atom. The van der Waals surface area contributed by atoms with Crippen LogP contribution >= 0.6 is 23.2 Å². The van der Waals surface area contributed by atoms with Gasteiger partial charge in [0, 0.05) is 5.69 Å². The molecule has 4 nitrogen and oxygen atoms in total. The van der Waals surface area contributed by atoms with Gasteiger partial charge in [-0.25, -0.2) is 4.90 Å². The molecule has 0 saturated carbocycles. The number of halogens is 2. The van der Waals surface area contributed by atoms with Gasteiger partial charge in [-0.05, 0) is 42.3 Å². The normalized spacial score (nSPS) is 17.5. The Labute approximate surface area is 150 Å². The average Bonchev–Trinajstić information content (AvgIpc) is 2.85. The van der Waals surface area contributed by atoms with Crippen LogP contribution in [-0.2, 0) is 16.0 Å². The molecular weight excluding hydrogens is 347 g/mol. The van der Waals surface area contributed by atoms with E-state index in [4.69, 9.17) is 23.2 Å². The van der Waals surface area contributed by atoms with Gasteiger partial charge in [-0.3, -0.25) is 9.59 Å². The predicted molar refractivity (Wildman–Crippen MR) is 96.8 cm³/mol. The van der Waals surface area contributed by atoms with Crippen LogP contribution in [0.15, 0.2) is 42.5 Å². The van der Waals surface area contributed by atoms with Crippen molar-refractivity contribution in [2.24, 2.45) is 0 Å². The summed E-state index contributed by atoms with van der Waals surface area (Å²) in [7, 11) is 0. The van der Waals surface area contributed by atoms with Gasteiger partial charge in [-0.2, -0.15) is 0 Å². The number of hydrogen-bond donors (Lipinski definition) is 1. The quantitative estimate of drug-likeness (QED) is 0.824. The Morgan fingerprint density at radius 1 is 1.08 bits per heavy atom. The Bertz CT molecular complexity index is 790. The zero-order valence-electron chi connectivity index (χ0n) is 13.1. The summed E-state index contributed by atoms with van der Waals surface area (Å²) in [5.41, 5.74) is 2.41. The molecule has 124 valence electrons. The number of nitrogens with one attached hydrogen (secondary N) is 1. The highest BCUT2D eigenvalue weighted by Gasteiger charge is 2.39. The first-order valence-corrected chi connectivity index (χ1v) is 8.42. The monoisotopic (exact) mass is 362 g/mol. The maximum Gasteiger partial charge on any atom is 0.256 e. The summed E-state index contributed by atoms with van der Waals surface area (Å²) < 4.78 is 0. The summed E-state index contributed by atoms with van der Waals surface area (Å²) in [6, 6.07) is 11.9. The Balaban J connectivity index is 1.79. The van der Waals surface area contributed by atoms with Gasteiger partial charge in [0.1, 0.15) is 6.04 Å². The average molecular weight is 363 g/mol. The summed E-state index contributed by atoms with van der Waals surface area (Å²) in [6.45, 7) is 2.05. The number of nitrogens with zero attached hydrogens (tertiary/aromatic N) is 1. The number of anilines is 2. The van der Waals surface area contributed by atoms with Gasteiger partial charge in [-0.15, -0.1) is 0 Å². The third kappa shape index (κ3) is 3.25. The van der Waals surface area contributed by atoms with Gasteiger partial charge >= 0.3 is 0 Å². The van der Waals surface area contributed by atoms with Crippen LogP contribution < -0.4 is 10.2 Å². The fourth-order valence-corrected chi connectivity index (χ4v) is 2.98. The third-order valence-electron chi connectivity index (χ3n) is 4.01. The second-order valence-corrected chi connectivity index (χ2v) is 6.43. The van der Waals surface area contributed by atoms with Gasteiger partial charge in [0.05, 0.1) is 22.2 Å². The fourth-order valence-electron chi connectivity index (χ4n) is 2.68. The molecule has 1 atom stereocenters. The first-order valence-electron chi connectivity index (χ1n) is 7.67. The van der Waals surface area contributed by atoms with E-state index in [1.165, 1.54) is 4.90 Å². The first-order chi connectivity index (χ1) is 11.5. The first kappa shape index (κ1) is 16.8. The predicted octanol–water partition coefficient (Wildman–Crippen LogP) is 4.30. The molecular formula is C18H16Cl2N2O2. The van der Waals surface area contributed by atoms with E-state index >= 15 is 0 Å². The van der Waals surface area contributed by atoms with Crippen LogP contribution in [0.4, 0.5) is 11.4 Å². The minimum absolute atomic E-state index is 0.106. The van der Waals surface area contributed by atoms with Gasteiger partial charge in [-0.1, -0.05) is 42.3 Å². The Hall–Kier alpha value is -2.04. The van der Waals surface area contributed by atoms with Crippen LogP contribution in [0, 0.1) is 0 Å². The molecule has 2 amide bonds. The van der Waals surface area contributed by atoms with Crippen molar-refractivity contribution in [2.75, 3.05) is 10.2 Å². The number of rotatable bonds is 4. The Morgan fingerprint density at radius 3 is 2.42 bits per heavy atom. The van der Waals surface area contributed by atoms with Gasteiger partial charge in [0.15, 0.2) is 0 Å². The summed E-state index contributed by atoms with van der Waals surface area (Å²) in [4.78, 5) is 26.1. The number of carbonyl (C=O) groups excluding carboxylic acids is 2. The number of hydrogen-bond acceptors (Lipinski definition) is 3. The highest BCUT2D eigenvalue weighted by atomic mass is 35.5. The molecule has 0 aliphatic carbocycles. The smallest absolute Gasteiger partial charge is 0.256 e. The van der Waals surface area contributed by atoms with Gasteiger partial charge in [0.2, 0.25) is 5.91 Å². The Kier molecular flexibility index (Phi) is 4.78. The zero-order valence-corrected chi connectivity index (χ0v) is 14.6. The lowest BCUT2D eigenvalue weighted by atomic mass is 10.1. The SMILES string of the molecule is CCc1ccc(N2C(=O)C[C@H](Nc3ccc(Cl)c(Cl)c3)C2=O)cc1. The summed E-state index contributed by atoms with van der Waals surface area (Å²) in [5, 5.41) is 3.89. The lowest BCUT2D eigenvalue weighted by Crippen LogP contribution is -2.34. The van der Waals surface area contributed by atoms with Crippen molar-refractivity contribution in [1.82, 2.24) is 0 Å². The summed E-state index contributed by atoms with van der Waals surface area (Å²) in [6.07, 6.45) is 1.01. The molecule has 1 aliphatic heterocycles. The van der Waals surface area contributed by atoms with Crippen LogP contribution in [-0.4, -0.2) is 17.9 Å². The topological polar surface area (TPSA) is 49.4 Å². The molecule has 1 fully saturated rings. The van der Waals surface area contributed by atoms with E-state index < -0.39 is 6.04 Å². The van der Waals surface area contributed by atoms with Crippen molar-refractivity contribution in [1.29, 1.82) is 0 Å². The van der Waals surface area contributed by atoms with E-state index in [0.29, 0.717) is 21.4 Å². The van der Waals surface area contributed by atoms with Gasteiger partial charge < -0.3 is 5.32 Å². The second-order valence-electron chi connectivity index (χ2n) is 5.62. The molecule has 3 rings (SSSR count). The molecule has 1 N–H and O–H groups in total. The largest absolute Gasteiger partial charge is 0.373 e. The number of aryl methyl sites for hydroxylation is 1. The van der Waals surface area contributed by atoms with Crippen molar-refractivity contribution in [2.45, 2.75) is 25.8 Å². The molecule has 0 radical (unpaired) electrons. The molecule has 2 aromatic carbocycles. The van der Waals surface area contributed by atoms with Crippen LogP contribution in [0.5, 0.6) is 0 Å². The number of amides is 2. The number of benzene rings is 2. The van der Waals surface area contributed by atoms with Crippen molar-refractivity contribution < 1.29 is 9.59 Å². The molecule has 2 aromatic rings. The van der Waals surface area contributed by atoms with E-state index in [9.17, 15) is 9.59 Å². The van der Waals surface area contributed by atoms with Crippen molar-refractivity contribution >= 4 is 46.4 Å². The van der Waals surface area contributed by atoms with Crippen molar-refractivity contribution in [3.8, 4) is 0 Å². The van der Waals surface area contributed by atoms with Crippen molar-refractivity contribution in [3.05, 3.63) is 58.1 Å². The van der Waals surface area contributed by atoms with E-state index in [2.05, 4.69) is 12.2 Å². The van der Waals surface area contributed by atoms with Crippen LogP contribution in [0.1, 0.15) is 18.9 Å². The molecule has 0 spiro atoms. The molecule has 6 heteroatoms. The van der Waals surface area contributed by atoms with E-state index in [-0.39, 0.29) is 18.2 Å². The number of carbonyl (C=O) groups is 2. The summed E-state index contributed by atoms with van der Waals surface area (Å²) in [5.74, 6) is -0.489. The van der Waals surface area contributed by atoms with E-state index in [0.717, 1.165) is 12.0 Å². The standard InChI is InChI=1S/C18H16Cl2N2O2/c1-2-11-3-6-13(7-4-11)22-17(23)10-16(18(22)24)21-12-5-8-14(19)15(20)9-12/h3-9,16,21H,2,10H2,1H3/t16-/m0/s1. The van der Waals surface area contributed by atoms with Crippen LogP contribution in [0.2, 0.25) is 10.0 Å². The molecule has 1 aliphatic rings. The maximum atomic E-state index is 12.6. The molecule has 24 heavy (non-hydrogen) atoms. The fraction of sp³-hybridized carbons (Fsp3) is 0.222. The molecule has 0 aromatic heterocycles. The minimum Gasteiger partial charge on any atom is -0.373 e. The molecule has 0 unspecified atom stereocenters. The lowest BCUT2D eigenvalue weighted by molar-refractivity contribution is -0.121. The van der Waals surface area contributed by atoms with Crippen molar-refractivity contribution in [3.63, 3.8) is 0 Å². The van der Waals surface area contributed by atoms with E-state index in [1.807, 2.05) is 12.1 Å². The van der Waals surface area contributed by atoms with Crippen LogP contribution in [0.25, 0.3) is 0 Å². The lowest BCUT2D eigenvalue weighted by Gasteiger charge is -2.16. The molecule has 1 saturated heterocycles. The van der Waals surface area contributed by atoms with E-state index in [1.54, 1.807) is 30.3 Å². The molecule has 1 heterocycles. The third-order valence-corrected chi connectivity index (χ3v) is 4.75. The number of imide groups is 1. The maximum absolute atomic E-state index is 12.6. The second kappa shape index (κ2) is 6.83. The molecule has 0 bridgehead atoms. The minimum atomic E-state index is -0.611. The highest BCUT2D eigenvalue weighted by Crippen LogP contribution is 2.28. The zero-order chi connectivity index (χ0) is 17.3. The summed E-state index contributed by atoms with van der Waals surface area (Å²) >= 11 is 11.9.